The minimum absolute atomic E-state index is 0.674. The fourth-order valence-electron chi connectivity index (χ4n) is 3.13. The van der Waals surface area contributed by atoms with Crippen LogP contribution in [0, 0.1) is 22.7 Å². The molecule has 4 rings (SSSR count). The van der Waals surface area contributed by atoms with Crippen LogP contribution in [0.3, 0.4) is 0 Å². The van der Waals surface area contributed by atoms with E-state index in [1.807, 2.05) is 48.5 Å². The number of rotatable bonds is 0. The van der Waals surface area contributed by atoms with Crippen molar-refractivity contribution in [3.63, 3.8) is 0 Å². The molecule has 0 spiro atoms. The molecule has 2 aromatic carbocycles. The first-order valence-corrected chi connectivity index (χ1v) is 6.35. The van der Waals surface area contributed by atoms with E-state index in [2.05, 4.69) is 12.1 Å². The second-order valence-electron chi connectivity index (χ2n) is 4.81. The maximum atomic E-state index is 9.53. The van der Waals surface area contributed by atoms with Crippen LogP contribution in [-0.2, 0) is 0 Å². The molecule has 2 aliphatic rings. The lowest BCUT2D eigenvalue weighted by molar-refractivity contribution is 1.48. The molecule has 0 saturated carbocycles. The number of fused-ring (bicyclic) bond motifs is 3. The average Bonchev–Trinajstić information content (AvgIpc) is 2.99. The van der Waals surface area contributed by atoms with Crippen molar-refractivity contribution in [2.75, 3.05) is 0 Å². The van der Waals surface area contributed by atoms with E-state index in [1.165, 1.54) is 0 Å². The van der Waals surface area contributed by atoms with Crippen LogP contribution in [0.1, 0.15) is 0 Å². The first kappa shape index (κ1) is 10.8. The molecule has 2 nitrogen and oxygen atoms in total. The van der Waals surface area contributed by atoms with Crippen molar-refractivity contribution < 1.29 is 0 Å². The summed E-state index contributed by atoms with van der Waals surface area (Å²) in [6.45, 7) is 0. The van der Waals surface area contributed by atoms with E-state index in [-0.39, 0.29) is 0 Å². The molecule has 2 aliphatic carbocycles. The molecule has 0 fully saturated rings. The molecule has 0 heterocycles. The van der Waals surface area contributed by atoms with Gasteiger partial charge in [0, 0.05) is 21.6 Å². The average molecular weight is 252 g/mol. The Balaban J connectivity index is 2.41. The Morgan fingerprint density at radius 1 is 0.550 bits per heavy atom. The number of hydrogen-bond donors (Lipinski definition) is 0. The van der Waals surface area contributed by atoms with E-state index in [4.69, 9.17) is 0 Å². The zero-order valence-electron chi connectivity index (χ0n) is 10.5. The Labute approximate surface area is 115 Å². The monoisotopic (exact) mass is 252 g/mol. The number of hydrogen-bond acceptors (Lipinski definition) is 2. The highest BCUT2D eigenvalue weighted by Gasteiger charge is 2.27. The zero-order valence-corrected chi connectivity index (χ0v) is 10.5. The van der Waals surface area contributed by atoms with Crippen LogP contribution in [0.2, 0.25) is 0 Å². The third kappa shape index (κ3) is 1.11. The van der Waals surface area contributed by atoms with E-state index in [0.717, 1.165) is 32.0 Å². The van der Waals surface area contributed by atoms with Gasteiger partial charge in [0.1, 0.15) is 12.1 Å². The van der Waals surface area contributed by atoms with Crippen molar-refractivity contribution in [3.05, 3.63) is 69.4 Å². The zero-order chi connectivity index (χ0) is 13.7. The molecule has 2 aromatic rings. The van der Waals surface area contributed by atoms with Gasteiger partial charge in [0.2, 0.25) is 0 Å². The Bertz CT molecular complexity index is 1010. The fourth-order valence-corrected chi connectivity index (χ4v) is 3.13. The van der Waals surface area contributed by atoms with Gasteiger partial charge in [-0.25, -0.2) is 0 Å². The van der Waals surface area contributed by atoms with Gasteiger partial charge in [-0.2, -0.15) is 10.5 Å². The van der Waals surface area contributed by atoms with Crippen LogP contribution >= 0.6 is 0 Å². The van der Waals surface area contributed by atoms with E-state index in [9.17, 15) is 10.5 Å². The molecule has 0 aromatic heterocycles. The molecule has 0 amide bonds. The van der Waals surface area contributed by atoms with Gasteiger partial charge < -0.3 is 0 Å². The topological polar surface area (TPSA) is 47.6 Å². The third-order valence-electron chi connectivity index (χ3n) is 3.91. The lowest BCUT2D eigenvalue weighted by Crippen LogP contribution is -2.27. The Morgan fingerprint density at radius 2 is 0.900 bits per heavy atom. The second-order valence-corrected chi connectivity index (χ2v) is 4.81. The summed E-state index contributed by atoms with van der Waals surface area (Å²) in [6, 6.07) is 20.2. The minimum Gasteiger partial charge on any atom is -0.192 e. The van der Waals surface area contributed by atoms with Crippen molar-refractivity contribution in [1.82, 2.24) is 0 Å². The third-order valence-corrected chi connectivity index (χ3v) is 3.91. The van der Waals surface area contributed by atoms with E-state index >= 15 is 0 Å². The van der Waals surface area contributed by atoms with Crippen LogP contribution in [0.15, 0.2) is 48.5 Å². The molecule has 0 aliphatic heterocycles. The molecule has 90 valence electrons. The molecule has 0 atom stereocenters. The summed E-state index contributed by atoms with van der Waals surface area (Å²) in [5.74, 6) is 0. The molecular weight excluding hydrogens is 244 g/mol. The van der Waals surface area contributed by atoms with Gasteiger partial charge in [-0.05, 0) is 10.4 Å². The highest BCUT2D eigenvalue weighted by molar-refractivity contribution is 6.30. The van der Waals surface area contributed by atoms with Crippen molar-refractivity contribution >= 4 is 22.3 Å². The van der Waals surface area contributed by atoms with Crippen LogP contribution < -0.4 is 20.9 Å². The maximum absolute atomic E-state index is 9.53. The van der Waals surface area contributed by atoms with Gasteiger partial charge in [0.25, 0.3) is 0 Å². The minimum atomic E-state index is 0.674. The van der Waals surface area contributed by atoms with Crippen molar-refractivity contribution in [1.29, 1.82) is 10.5 Å². The molecule has 0 saturated heterocycles. The van der Waals surface area contributed by atoms with Gasteiger partial charge in [0.05, 0.1) is 11.1 Å². The fraction of sp³-hybridized carbons (Fsp3) is 0. The summed E-state index contributed by atoms with van der Waals surface area (Å²) in [5.41, 5.74) is 3.18. The quantitative estimate of drug-likeness (QED) is 0.666. The Morgan fingerprint density at radius 3 is 1.25 bits per heavy atom. The maximum Gasteiger partial charge on any atom is 0.100 e. The summed E-state index contributed by atoms with van der Waals surface area (Å²) >= 11 is 0. The normalized spacial score (nSPS) is 14.5. The Hall–Kier alpha value is -3.10. The number of nitrogens with zero attached hydrogens (tertiary/aromatic N) is 2. The van der Waals surface area contributed by atoms with Crippen molar-refractivity contribution in [2.24, 2.45) is 0 Å². The van der Waals surface area contributed by atoms with Crippen LogP contribution in [-0.4, -0.2) is 0 Å². The van der Waals surface area contributed by atoms with Crippen molar-refractivity contribution in [2.45, 2.75) is 0 Å². The highest BCUT2D eigenvalue weighted by atomic mass is 14.3. The van der Waals surface area contributed by atoms with E-state index < -0.39 is 0 Å². The van der Waals surface area contributed by atoms with E-state index in [1.54, 1.807) is 0 Å². The second kappa shape index (κ2) is 3.70. The van der Waals surface area contributed by atoms with Gasteiger partial charge in [-0.1, -0.05) is 48.5 Å². The summed E-state index contributed by atoms with van der Waals surface area (Å²) in [6.07, 6.45) is 0. The van der Waals surface area contributed by atoms with Gasteiger partial charge in [0.15, 0.2) is 0 Å². The lowest BCUT2D eigenvalue weighted by atomic mass is 10.0. The van der Waals surface area contributed by atoms with Crippen molar-refractivity contribution in [3.8, 4) is 12.1 Å². The van der Waals surface area contributed by atoms with Gasteiger partial charge >= 0.3 is 0 Å². The standard InChI is InChI=1S/C18H8N2/c19-9-15-11-5-1-3-7-13(11)17-16(10-20)12-6-2-4-8-14(12)18(15)17/h1-8H. The largest absolute Gasteiger partial charge is 0.192 e. The van der Waals surface area contributed by atoms with Crippen LogP contribution in [0.4, 0.5) is 0 Å². The summed E-state index contributed by atoms with van der Waals surface area (Å²) in [5, 5.41) is 22.9. The molecular formula is C18H8N2. The number of benzene rings is 2. The summed E-state index contributed by atoms with van der Waals surface area (Å²) in [7, 11) is 0. The van der Waals surface area contributed by atoms with Crippen LogP contribution in [0.5, 0.6) is 0 Å². The Kier molecular flexibility index (Phi) is 1.99. The SMILES string of the molecule is N#CC1=c2ccccc2=C2C(C#N)=c3ccccc3=C12. The number of nitriles is 2. The van der Waals surface area contributed by atoms with E-state index in [0.29, 0.717) is 11.1 Å². The van der Waals surface area contributed by atoms with Gasteiger partial charge in [-0.15, -0.1) is 0 Å². The highest BCUT2D eigenvalue weighted by Crippen LogP contribution is 2.30. The molecule has 0 unspecified atom stereocenters. The molecule has 0 bridgehead atoms. The van der Waals surface area contributed by atoms with Gasteiger partial charge in [-0.3, -0.25) is 0 Å². The summed E-state index contributed by atoms with van der Waals surface area (Å²) in [4.78, 5) is 0. The molecule has 0 N–H and O–H groups in total. The molecule has 2 heteroatoms. The van der Waals surface area contributed by atoms with Crippen LogP contribution in [0.25, 0.3) is 22.3 Å². The predicted molar refractivity (Wildman–Crippen MR) is 76.2 cm³/mol. The summed E-state index contributed by atoms with van der Waals surface area (Å²) < 4.78 is 0. The smallest absolute Gasteiger partial charge is 0.100 e. The first-order valence-electron chi connectivity index (χ1n) is 6.35. The molecule has 20 heavy (non-hydrogen) atoms. The first-order chi connectivity index (χ1) is 9.86. The lowest BCUT2D eigenvalue weighted by Gasteiger charge is -1.98. The predicted octanol–water partition coefficient (Wildman–Crippen LogP) is 0.0640. The molecule has 0 radical (unpaired) electrons.